The number of hydrogen-bond acceptors (Lipinski definition) is 2. The van der Waals surface area contributed by atoms with Gasteiger partial charge in [0.1, 0.15) is 11.5 Å². The van der Waals surface area contributed by atoms with Gasteiger partial charge in [-0.15, -0.1) is 0 Å². The van der Waals surface area contributed by atoms with Crippen LogP contribution in [0, 0.1) is 12.7 Å². The molecule has 3 aromatic rings. The highest BCUT2D eigenvalue weighted by Gasteiger charge is 2.15. The minimum Gasteiger partial charge on any atom is -0.332 e. The number of nitrogens with zero attached hydrogens (tertiary/aromatic N) is 2. The van der Waals surface area contributed by atoms with Crippen LogP contribution < -0.4 is 5.32 Å². The van der Waals surface area contributed by atoms with E-state index in [0.717, 1.165) is 17.6 Å². The first-order chi connectivity index (χ1) is 10.6. The maximum atomic E-state index is 13.3. The lowest BCUT2D eigenvalue weighted by Crippen LogP contribution is -2.11. The number of pyridine rings is 1. The smallest absolute Gasteiger partial charge is 0.257 e. The van der Waals surface area contributed by atoms with E-state index < -0.39 is 0 Å². The maximum absolute atomic E-state index is 13.3. The van der Waals surface area contributed by atoms with Crippen molar-refractivity contribution in [2.24, 2.45) is 0 Å². The molecule has 2 heterocycles. The van der Waals surface area contributed by atoms with E-state index in [1.165, 1.54) is 6.07 Å². The number of hydrogen-bond donors (Lipinski definition) is 1. The summed E-state index contributed by atoms with van der Waals surface area (Å²) in [6, 6.07) is 8.20. The number of carbonyl (C=O) groups excluding carboxylic acids is 1. The van der Waals surface area contributed by atoms with Gasteiger partial charge in [0.05, 0.1) is 5.56 Å². The molecule has 0 bridgehead atoms. The largest absolute Gasteiger partial charge is 0.332 e. The van der Waals surface area contributed by atoms with E-state index >= 15 is 0 Å². The molecule has 0 atom stereocenters. The number of rotatable bonds is 3. The Morgan fingerprint density at radius 2 is 2.18 bits per heavy atom. The molecule has 1 amide bonds. The fourth-order valence-corrected chi connectivity index (χ4v) is 2.47. The molecule has 0 aliphatic carbocycles. The van der Waals surface area contributed by atoms with Gasteiger partial charge in [-0.3, -0.25) is 4.79 Å². The molecule has 0 saturated carbocycles. The molecule has 0 fully saturated rings. The Bertz CT molecular complexity index is 854. The number of aryl methyl sites for hydroxylation is 2. The van der Waals surface area contributed by atoms with E-state index in [4.69, 9.17) is 0 Å². The van der Waals surface area contributed by atoms with Crippen molar-refractivity contribution >= 4 is 22.6 Å². The molecule has 0 saturated heterocycles. The Morgan fingerprint density at radius 3 is 2.91 bits per heavy atom. The topological polar surface area (TPSA) is 46.9 Å². The van der Waals surface area contributed by atoms with Crippen LogP contribution in [0.5, 0.6) is 0 Å². The van der Waals surface area contributed by atoms with Crippen LogP contribution in [0.3, 0.4) is 0 Å². The number of anilines is 1. The van der Waals surface area contributed by atoms with Gasteiger partial charge in [-0.25, -0.2) is 9.37 Å². The first kappa shape index (κ1) is 14.3. The highest BCUT2D eigenvalue weighted by molar-refractivity contribution is 6.12. The van der Waals surface area contributed by atoms with Crippen molar-refractivity contribution in [3.8, 4) is 0 Å². The number of nitrogens with one attached hydrogen (secondary N) is 1. The molecule has 0 radical (unpaired) electrons. The number of aromatic nitrogens is 2. The molecule has 1 aromatic carbocycles. The van der Waals surface area contributed by atoms with E-state index in [9.17, 15) is 9.18 Å². The summed E-state index contributed by atoms with van der Waals surface area (Å²) in [4.78, 5) is 16.8. The summed E-state index contributed by atoms with van der Waals surface area (Å²) in [5, 5.41) is 3.62. The van der Waals surface area contributed by atoms with E-state index in [2.05, 4.69) is 10.3 Å². The average molecular weight is 297 g/mol. The van der Waals surface area contributed by atoms with Gasteiger partial charge in [0.15, 0.2) is 0 Å². The third-order valence-electron chi connectivity index (χ3n) is 3.63. The van der Waals surface area contributed by atoms with Crippen LogP contribution >= 0.6 is 0 Å². The third kappa shape index (κ3) is 2.45. The van der Waals surface area contributed by atoms with Gasteiger partial charge >= 0.3 is 0 Å². The second-order valence-electron chi connectivity index (χ2n) is 5.12. The molecule has 0 spiro atoms. The van der Waals surface area contributed by atoms with Gasteiger partial charge in [-0.2, -0.15) is 0 Å². The van der Waals surface area contributed by atoms with Crippen molar-refractivity contribution in [3.05, 3.63) is 59.7 Å². The zero-order valence-corrected chi connectivity index (χ0v) is 12.4. The fraction of sp³-hybridized carbons (Fsp3) is 0.176. The van der Waals surface area contributed by atoms with Gasteiger partial charge in [-0.1, -0.05) is 0 Å². The zero-order chi connectivity index (χ0) is 15.7. The number of halogens is 1. The molecule has 1 N–H and O–H groups in total. The molecule has 22 heavy (non-hydrogen) atoms. The van der Waals surface area contributed by atoms with Crippen LogP contribution in [0.25, 0.3) is 11.0 Å². The molecule has 2 aromatic heterocycles. The Labute approximate surface area is 127 Å². The lowest BCUT2D eigenvalue weighted by molar-refractivity contribution is 0.102. The molecular weight excluding hydrogens is 281 g/mol. The van der Waals surface area contributed by atoms with Crippen LogP contribution in [0.15, 0.2) is 42.7 Å². The molecule has 4 nitrogen and oxygen atoms in total. The Kier molecular flexibility index (Phi) is 3.63. The summed E-state index contributed by atoms with van der Waals surface area (Å²) in [6.07, 6.45) is 3.50. The van der Waals surface area contributed by atoms with Crippen molar-refractivity contribution in [2.45, 2.75) is 20.4 Å². The zero-order valence-electron chi connectivity index (χ0n) is 12.4. The second kappa shape index (κ2) is 5.60. The SMILES string of the molecule is CCn1cc(C(=O)Nc2ccc(F)c(C)c2)c2cccnc21. The minimum absolute atomic E-state index is 0.226. The molecule has 3 rings (SSSR count). The maximum Gasteiger partial charge on any atom is 0.257 e. The van der Waals surface area contributed by atoms with Gasteiger partial charge in [-0.05, 0) is 49.7 Å². The predicted octanol–water partition coefficient (Wildman–Crippen LogP) is 3.76. The van der Waals surface area contributed by atoms with Crippen LogP contribution in [0.4, 0.5) is 10.1 Å². The Hall–Kier alpha value is -2.69. The molecule has 0 unspecified atom stereocenters. The van der Waals surface area contributed by atoms with Crippen molar-refractivity contribution < 1.29 is 9.18 Å². The molecule has 0 aliphatic heterocycles. The monoisotopic (exact) mass is 297 g/mol. The van der Waals surface area contributed by atoms with E-state index in [0.29, 0.717) is 16.8 Å². The standard InChI is InChI=1S/C17H16FN3O/c1-3-21-10-14(13-5-4-8-19-16(13)21)17(22)20-12-6-7-15(18)11(2)9-12/h4-10H,3H2,1-2H3,(H,20,22). The summed E-state index contributed by atoms with van der Waals surface area (Å²) in [5.41, 5.74) is 2.41. The Balaban J connectivity index is 1.97. The van der Waals surface area contributed by atoms with Crippen LogP contribution in [0.2, 0.25) is 0 Å². The Morgan fingerprint density at radius 1 is 1.36 bits per heavy atom. The normalized spacial score (nSPS) is 10.9. The molecule has 112 valence electrons. The lowest BCUT2D eigenvalue weighted by atomic mass is 10.2. The molecule has 5 heteroatoms. The van der Waals surface area contributed by atoms with Gasteiger partial charge in [0.25, 0.3) is 5.91 Å². The summed E-state index contributed by atoms with van der Waals surface area (Å²) >= 11 is 0. The summed E-state index contributed by atoms with van der Waals surface area (Å²) in [7, 11) is 0. The van der Waals surface area contributed by atoms with Crippen molar-refractivity contribution in [1.82, 2.24) is 9.55 Å². The summed E-state index contributed by atoms with van der Waals surface area (Å²) in [5.74, 6) is -0.513. The second-order valence-corrected chi connectivity index (χ2v) is 5.12. The first-order valence-electron chi connectivity index (χ1n) is 7.11. The first-order valence-corrected chi connectivity index (χ1v) is 7.11. The summed E-state index contributed by atoms with van der Waals surface area (Å²) < 4.78 is 15.2. The minimum atomic E-state index is -0.287. The third-order valence-corrected chi connectivity index (χ3v) is 3.63. The van der Waals surface area contributed by atoms with Gasteiger partial charge < -0.3 is 9.88 Å². The van der Waals surface area contributed by atoms with Gasteiger partial charge in [0, 0.05) is 30.0 Å². The van der Waals surface area contributed by atoms with Crippen LogP contribution in [0.1, 0.15) is 22.8 Å². The number of carbonyl (C=O) groups is 1. The summed E-state index contributed by atoms with van der Waals surface area (Å²) in [6.45, 7) is 4.40. The lowest BCUT2D eigenvalue weighted by Gasteiger charge is -2.05. The number of amides is 1. The van der Waals surface area contributed by atoms with Gasteiger partial charge in [0.2, 0.25) is 0 Å². The molecule has 0 aliphatic rings. The number of fused-ring (bicyclic) bond motifs is 1. The van der Waals surface area contributed by atoms with E-state index in [1.807, 2.05) is 17.6 Å². The fourth-order valence-electron chi connectivity index (χ4n) is 2.47. The quantitative estimate of drug-likeness (QED) is 0.800. The molecular formula is C17H16FN3O. The van der Waals surface area contributed by atoms with E-state index in [-0.39, 0.29) is 11.7 Å². The van der Waals surface area contributed by atoms with Crippen LogP contribution in [-0.4, -0.2) is 15.5 Å². The van der Waals surface area contributed by atoms with E-state index in [1.54, 1.807) is 37.5 Å². The highest BCUT2D eigenvalue weighted by Crippen LogP contribution is 2.21. The van der Waals surface area contributed by atoms with Crippen molar-refractivity contribution in [3.63, 3.8) is 0 Å². The van der Waals surface area contributed by atoms with Crippen LogP contribution in [-0.2, 0) is 6.54 Å². The number of benzene rings is 1. The van der Waals surface area contributed by atoms with Crippen molar-refractivity contribution in [2.75, 3.05) is 5.32 Å². The average Bonchev–Trinajstić information content (AvgIpc) is 2.90. The predicted molar refractivity (Wildman–Crippen MR) is 84.5 cm³/mol. The highest BCUT2D eigenvalue weighted by atomic mass is 19.1. The van der Waals surface area contributed by atoms with Crippen molar-refractivity contribution in [1.29, 1.82) is 0 Å².